The number of methoxy groups -OCH3 is 1. The second-order valence-corrected chi connectivity index (χ2v) is 5.53. The summed E-state index contributed by atoms with van der Waals surface area (Å²) in [5.74, 6) is -0.146. The summed E-state index contributed by atoms with van der Waals surface area (Å²) < 4.78 is 10.2. The van der Waals surface area contributed by atoms with Crippen LogP contribution in [0.15, 0.2) is 12.1 Å². The van der Waals surface area contributed by atoms with Crippen LogP contribution in [0.4, 0.5) is 0 Å². The van der Waals surface area contributed by atoms with E-state index in [-0.39, 0.29) is 11.4 Å². The van der Waals surface area contributed by atoms with Crippen LogP contribution in [-0.2, 0) is 19.7 Å². The van der Waals surface area contributed by atoms with E-state index in [1.54, 1.807) is 0 Å². The fourth-order valence-corrected chi connectivity index (χ4v) is 2.76. The van der Waals surface area contributed by atoms with Gasteiger partial charge < -0.3 is 9.47 Å². The molecule has 1 aromatic rings. The Morgan fingerprint density at radius 3 is 2.47 bits per heavy atom. The number of aryl methyl sites for hydroxylation is 1. The molecule has 1 aromatic carbocycles. The molecule has 0 aromatic heterocycles. The molecule has 0 saturated carbocycles. The van der Waals surface area contributed by atoms with Gasteiger partial charge in [-0.3, -0.25) is 4.79 Å². The Labute approximate surface area is 114 Å². The largest absolute Gasteiger partial charge is 0.469 e. The Bertz CT molecular complexity index is 487. The molecule has 0 N–H and O–H groups in total. The lowest BCUT2D eigenvalue weighted by Crippen LogP contribution is -2.47. The fourth-order valence-electron chi connectivity index (χ4n) is 2.76. The van der Waals surface area contributed by atoms with Gasteiger partial charge >= 0.3 is 5.97 Å². The minimum Gasteiger partial charge on any atom is -0.469 e. The van der Waals surface area contributed by atoms with E-state index in [4.69, 9.17) is 9.47 Å². The zero-order chi connectivity index (χ0) is 14.0. The maximum absolute atomic E-state index is 11.4. The molecule has 104 valence electrons. The highest BCUT2D eigenvalue weighted by atomic mass is 16.5. The monoisotopic (exact) mass is 262 g/mol. The number of benzene rings is 1. The lowest BCUT2D eigenvalue weighted by Gasteiger charge is -2.43. The van der Waals surface area contributed by atoms with Crippen LogP contribution in [0.3, 0.4) is 0 Å². The predicted octanol–water partition coefficient (Wildman–Crippen LogP) is 2.83. The third-order valence-electron chi connectivity index (χ3n) is 4.42. The van der Waals surface area contributed by atoms with Crippen molar-refractivity contribution >= 4 is 5.97 Å². The van der Waals surface area contributed by atoms with Crippen molar-refractivity contribution in [2.75, 3.05) is 20.3 Å². The van der Waals surface area contributed by atoms with Crippen LogP contribution in [0, 0.1) is 20.8 Å². The van der Waals surface area contributed by atoms with Crippen molar-refractivity contribution in [1.29, 1.82) is 0 Å². The number of carbonyl (C=O) groups excluding carboxylic acids is 1. The highest BCUT2D eigenvalue weighted by molar-refractivity contribution is 5.69. The molecule has 1 aliphatic rings. The van der Waals surface area contributed by atoms with E-state index in [2.05, 4.69) is 32.9 Å². The number of hydrogen-bond donors (Lipinski definition) is 0. The quantitative estimate of drug-likeness (QED) is 0.783. The van der Waals surface area contributed by atoms with E-state index in [1.165, 1.54) is 29.4 Å². The van der Waals surface area contributed by atoms with Crippen molar-refractivity contribution in [3.8, 4) is 0 Å². The molecule has 3 heteroatoms. The van der Waals surface area contributed by atoms with Gasteiger partial charge in [0.05, 0.1) is 20.3 Å². The van der Waals surface area contributed by atoms with Crippen LogP contribution in [0.2, 0.25) is 0 Å². The van der Waals surface area contributed by atoms with Crippen LogP contribution < -0.4 is 0 Å². The Hall–Kier alpha value is -1.35. The first-order chi connectivity index (χ1) is 9.00. The summed E-state index contributed by atoms with van der Waals surface area (Å²) in [5, 5.41) is 0. The molecule has 1 saturated heterocycles. The van der Waals surface area contributed by atoms with Crippen molar-refractivity contribution in [2.45, 2.75) is 39.0 Å². The molecule has 0 unspecified atom stereocenters. The zero-order valence-corrected chi connectivity index (χ0v) is 12.2. The molecule has 19 heavy (non-hydrogen) atoms. The van der Waals surface area contributed by atoms with Gasteiger partial charge in [0.1, 0.15) is 0 Å². The molecule has 1 fully saturated rings. The molecule has 2 rings (SSSR count). The van der Waals surface area contributed by atoms with Gasteiger partial charge in [-0.15, -0.1) is 0 Å². The van der Waals surface area contributed by atoms with Crippen LogP contribution in [0.25, 0.3) is 0 Å². The van der Waals surface area contributed by atoms with Crippen LogP contribution in [0.1, 0.15) is 35.1 Å². The summed E-state index contributed by atoms with van der Waals surface area (Å²) in [7, 11) is 1.44. The van der Waals surface area contributed by atoms with Gasteiger partial charge in [-0.25, -0.2) is 0 Å². The molecule has 0 spiro atoms. The van der Waals surface area contributed by atoms with Crippen molar-refractivity contribution in [3.63, 3.8) is 0 Å². The van der Waals surface area contributed by atoms with E-state index < -0.39 is 0 Å². The van der Waals surface area contributed by atoms with Crippen LogP contribution in [-0.4, -0.2) is 26.3 Å². The maximum Gasteiger partial charge on any atom is 0.305 e. The summed E-state index contributed by atoms with van der Waals surface area (Å²) in [4.78, 5) is 11.4. The van der Waals surface area contributed by atoms with Crippen molar-refractivity contribution in [2.24, 2.45) is 0 Å². The van der Waals surface area contributed by atoms with E-state index in [0.717, 1.165) is 6.42 Å². The third-order valence-corrected chi connectivity index (χ3v) is 4.42. The molecular weight excluding hydrogens is 240 g/mol. The zero-order valence-electron chi connectivity index (χ0n) is 12.2. The normalized spacial score (nSPS) is 16.8. The summed E-state index contributed by atoms with van der Waals surface area (Å²) >= 11 is 0. The highest BCUT2D eigenvalue weighted by Gasteiger charge is 2.41. The maximum atomic E-state index is 11.4. The van der Waals surface area contributed by atoms with Gasteiger partial charge in [-0.1, -0.05) is 12.1 Å². The molecule has 0 radical (unpaired) electrons. The molecule has 3 nitrogen and oxygen atoms in total. The number of esters is 1. The minimum absolute atomic E-state index is 0.00324. The van der Waals surface area contributed by atoms with Gasteiger partial charge in [0.15, 0.2) is 0 Å². The Morgan fingerprint density at radius 2 is 1.95 bits per heavy atom. The Balaban J connectivity index is 2.26. The summed E-state index contributed by atoms with van der Waals surface area (Å²) in [6, 6.07) is 4.35. The first-order valence-electron chi connectivity index (χ1n) is 6.72. The van der Waals surface area contributed by atoms with Crippen molar-refractivity contribution in [1.82, 2.24) is 0 Å². The first kappa shape index (κ1) is 14.1. The standard InChI is InChI=1S/C16H22O3/c1-11-5-6-14(13(3)12(11)2)16(9-19-10-16)8-7-15(17)18-4/h5-6H,7-10H2,1-4H3. The van der Waals surface area contributed by atoms with Crippen molar-refractivity contribution < 1.29 is 14.3 Å². The van der Waals surface area contributed by atoms with Gasteiger partial charge in [-0.2, -0.15) is 0 Å². The second-order valence-electron chi connectivity index (χ2n) is 5.53. The lowest BCUT2D eigenvalue weighted by atomic mass is 9.72. The summed E-state index contributed by atoms with van der Waals surface area (Å²) in [6.45, 7) is 7.85. The predicted molar refractivity (Wildman–Crippen MR) is 74.4 cm³/mol. The van der Waals surface area contributed by atoms with Crippen LogP contribution >= 0.6 is 0 Å². The first-order valence-corrected chi connectivity index (χ1v) is 6.72. The number of ether oxygens (including phenoxy) is 2. The minimum atomic E-state index is -0.146. The molecule has 0 bridgehead atoms. The molecule has 1 aliphatic heterocycles. The average molecular weight is 262 g/mol. The number of hydrogen-bond acceptors (Lipinski definition) is 3. The molecule has 0 atom stereocenters. The molecule has 1 heterocycles. The fraction of sp³-hybridized carbons (Fsp3) is 0.562. The average Bonchev–Trinajstić information content (AvgIpc) is 2.36. The number of carbonyl (C=O) groups is 1. The van der Waals surface area contributed by atoms with E-state index >= 15 is 0 Å². The third kappa shape index (κ3) is 2.52. The summed E-state index contributed by atoms with van der Waals surface area (Å²) in [6.07, 6.45) is 1.25. The Kier molecular flexibility index (Phi) is 3.95. The van der Waals surface area contributed by atoms with Gasteiger partial charge in [0.2, 0.25) is 0 Å². The van der Waals surface area contributed by atoms with E-state index in [9.17, 15) is 4.79 Å². The summed E-state index contributed by atoms with van der Waals surface area (Å²) in [5.41, 5.74) is 5.29. The van der Waals surface area contributed by atoms with Crippen LogP contribution in [0.5, 0.6) is 0 Å². The SMILES string of the molecule is COC(=O)CCC1(c2ccc(C)c(C)c2C)COC1. The van der Waals surface area contributed by atoms with Crippen molar-refractivity contribution in [3.05, 3.63) is 34.4 Å². The molecule has 0 amide bonds. The van der Waals surface area contributed by atoms with Gasteiger partial charge in [-0.05, 0) is 49.4 Å². The second kappa shape index (κ2) is 5.33. The van der Waals surface area contributed by atoms with E-state index in [1.807, 2.05) is 0 Å². The highest BCUT2D eigenvalue weighted by Crippen LogP contribution is 2.39. The van der Waals surface area contributed by atoms with E-state index in [0.29, 0.717) is 19.6 Å². The molecular formula is C16H22O3. The Morgan fingerprint density at radius 1 is 1.26 bits per heavy atom. The number of rotatable bonds is 4. The topological polar surface area (TPSA) is 35.5 Å². The lowest BCUT2D eigenvalue weighted by molar-refractivity contribution is -0.142. The van der Waals surface area contributed by atoms with Gasteiger partial charge in [0, 0.05) is 11.8 Å². The smallest absolute Gasteiger partial charge is 0.305 e. The van der Waals surface area contributed by atoms with Gasteiger partial charge in [0.25, 0.3) is 0 Å². The molecule has 0 aliphatic carbocycles.